The molecule has 0 aromatic rings. The van der Waals surface area contributed by atoms with Crippen molar-refractivity contribution in [1.29, 1.82) is 0 Å². The highest BCUT2D eigenvalue weighted by Crippen LogP contribution is 2.39. The molecule has 20 heavy (non-hydrogen) atoms. The molecule has 0 spiro atoms. The molecule has 1 atom stereocenters. The van der Waals surface area contributed by atoms with Gasteiger partial charge < -0.3 is 15.3 Å². The lowest BCUT2D eigenvalue weighted by molar-refractivity contribution is -0.132. The zero-order valence-corrected chi connectivity index (χ0v) is 12.5. The number of aliphatic hydroxyl groups is 2. The van der Waals surface area contributed by atoms with Crippen LogP contribution in [0.15, 0.2) is 11.6 Å². The van der Waals surface area contributed by atoms with Gasteiger partial charge in [-0.05, 0) is 25.7 Å². The van der Waals surface area contributed by atoms with Crippen molar-refractivity contribution in [2.24, 2.45) is 11.3 Å². The molecule has 0 bridgehead atoms. The zero-order valence-electron chi connectivity index (χ0n) is 12.5. The summed E-state index contributed by atoms with van der Waals surface area (Å²) in [6.45, 7) is 1.41. The summed E-state index contributed by atoms with van der Waals surface area (Å²) in [6.07, 6.45) is 10.0. The summed E-state index contributed by atoms with van der Waals surface area (Å²) in [7, 11) is 0. The van der Waals surface area contributed by atoms with Gasteiger partial charge in [-0.2, -0.15) is 0 Å². The minimum Gasteiger partial charge on any atom is -0.478 e. The summed E-state index contributed by atoms with van der Waals surface area (Å²) in [5.41, 5.74) is -0.271. The first-order valence-electron chi connectivity index (χ1n) is 7.69. The number of carboxylic acids is 1. The summed E-state index contributed by atoms with van der Waals surface area (Å²) in [6, 6.07) is 0. The van der Waals surface area contributed by atoms with Crippen LogP contribution in [-0.4, -0.2) is 34.5 Å². The minimum absolute atomic E-state index is 0.0632. The fourth-order valence-electron chi connectivity index (χ4n) is 3.12. The molecular formula is C16H28O4. The highest BCUT2D eigenvalue weighted by molar-refractivity contribution is 5.85. The molecule has 0 amide bonds. The number of aliphatic hydroxyl groups excluding tert-OH is 2. The fraction of sp³-hybridized carbons (Fsp3) is 0.812. The van der Waals surface area contributed by atoms with Gasteiger partial charge in [0, 0.05) is 11.0 Å². The lowest BCUT2D eigenvalue weighted by Gasteiger charge is -2.37. The smallest absolute Gasteiger partial charge is 0.330 e. The van der Waals surface area contributed by atoms with Gasteiger partial charge in [-0.25, -0.2) is 4.79 Å². The average molecular weight is 284 g/mol. The SMILES string of the molecule is CC(=CC1CCCCCCCCC1(CO)CO)C(=O)O. The third-order valence-electron chi connectivity index (χ3n) is 4.64. The summed E-state index contributed by atoms with van der Waals surface area (Å²) < 4.78 is 0. The number of carbonyl (C=O) groups is 1. The molecule has 0 radical (unpaired) electrons. The van der Waals surface area contributed by atoms with E-state index in [4.69, 9.17) is 5.11 Å². The van der Waals surface area contributed by atoms with Crippen LogP contribution in [0.4, 0.5) is 0 Å². The number of aliphatic carboxylic acids is 1. The summed E-state index contributed by atoms with van der Waals surface area (Å²) >= 11 is 0. The fourth-order valence-corrected chi connectivity index (χ4v) is 3.12. The Morgan fingerprint density at radius 2 is 1.65 bits per heavy atom. The third-order valence-corrected chi connectivity index (χ3v) is 4.64. The second-order valence-electron chi connectivity index (χ2n) is 6.10. The molecule has 116 valence electrons. The average Bonchev–Trinajstić information content (AvgIpc) is 2.45. The van der Waals surface area contributed by atoms with Crippen molar-refractivity contribution >= 4 is 5.97 Å². The normalized spacial score (nSPS) is 25.1. The van der Waals surface area contributed by atoms with Gasteiger partial charge in [-0.3, -0.25) is 0 Å². The van der Waals surface area contributed by atoms with E-state index in [0.717, 1.165) is 38.5 Å². The first-order chi connectivity index (χ1) is 9.55. The molecular weight excluding hydrogens is 256 g/mol. The second-order valence-corrected chi connectivity index (χ2v) is 6.10. The maximum Gasteiger partial charge on any atom is 0.330 e. The predicted molar refractivity (Wildman–Crippen MR) is 78.4 cm³/mol. The van der Waals surface area contributed by atoms with E-state index in [1.165, 1.54) is 12.8 Å². The van der Waals surface area contributed by atoms with Gasteiger partial charge in [0.05, 0.1) is 13.2 Å². The van der Waals surface area contributed by atoms with Crippen molar-refractivity contribution in [2.75, 3.05) is 13.2 Å². The van der Waals surface area contributed by atoms with E-state index in [1.54, 1.807) is 13.0 Å². The number of hydrogen-bond donors (Lipinski definition) is 3. The molecule has 0 aliphatic heterocycles. The summed E-state index contributed by atoms with van der Waals surface area (Å²) in [5.74, 6) is -0.987. The molecule has 1 aliphatic carbocycles. The van der Waals surface area contributed by atoms with E-state index >= 15 is 0 Å². The van der Waals surface area contributed by atoms with Crippen LogP contribution in [0.5, 0.6) is 0 Å². The quantitative estimate of drug-likeness (QED) is 0.694. The zero-order chi connectivity index (χ0) is 15.0. The maximum atomic E-state index is 11.0. The van der Waals surface area contributed by atoms with Crippen molar-refractivity contribution in [3.05, 3.63) is 11.6 Å². The highest BCUT2D eigenvalue weighted by atomic mass is 16.4. The third kappa shape index (κ3) is 4.60. The van der Waals surface area contributed by atoms with Crippen LogP contribution in [0.2, 0.25) is 0 Å². The highest BCUT2D eigenvalue weighted by Gasteiger charge is 2.36. The molecule has 0 heterocycles. The van der Waals surface area contributed by atoms with Crippen molar-refractivity contribution in [3.8, 4) is 0 Å². The van der Waals surface area contributed by atoms with Crippen molar-refractivity contribution in [1.82, 2.24) is 0 Å². The molecule has 3 N–H and O–H groups in total. The number of rotatable bonds is 4. The Labute approximate surface area is 121 Å². The van der Waals surface area contributed by atoms with Gasteiger partial charge >= 0.3 is 5.97 Å². The molecule has 1 fully saturated rings. The van der Waals surface area contributed by atoms with Crippen LogP contribution in [0, 0.1) is 11.3 Å². The van der Waals surface area contributed by atoms with Crippen LogP contribution in [0.25, 0.3) is 0 Å². The molecule has 1 saturated carbocycles. The Morgan fingerprint density at radius 3 is 2.20 bits per heavy atom. The maximum absolute atomic E-state index is 11.0. The summed E-state index contributed by atoms with van der Waals surface area (Å²) in [4.78, 5) is 11.0. The first-order valence-corrected chi connectivity index (χ1v) is 7.69. The lowest BCUT2D eigenvalue weighted by Crippen LogP contribution is -2.38. The van der Waals surface area contributed by atoms with E-state index in [1.807, 2.05) is 0 Å². The van der Waals surface area contributed by atoms with E-state index < -0.39 is 11.4 Å². The van der Waals surface area contributed by atoms with E-state index in [-0.39, 0.29) is 19.1 Å². The van der Waals surface area contributed by atoms with Gasteiger partial charge in [0.1, 0.15) is 0 Å². The monoisotopic (exact) mass is 284 g/mol. The number of carboxylic acid groups (broad SMARTS) is 1. The first kappa shape index (κ1) is 17.2. The van der Waals surface area contributed by atoms with Crippen LogP contribution in [0.1, 0.15) is 58.3 Å². The van der Waals surface area contributed by atoms with Crippen molar-refractivity contribution in [3.63, 3.8) is 0 Å². The molecule has 1 rings (SSSR count). The van der Waals surface area contributed by atoms with Crippen LogP contribution >= 0.6 is 0 Å². The van der Waals surface area contributed by atoms with E-state index in [9.17, 15) is 15.0 Å². The molecule has 1 aliphatic rings. The van der Waals surface area contributed by atoms with Gasteiger partial charge in [0.2, 0.25) is 0 Å². The Bertz CT molecular complexity index is 331. The standard InChI is InChI=1S/C16H28O4/c1-13(15(19)20)10-14-8-6-4-2-3-5-7-9-16(14,11-17)12-18/h10,14,17-18H,2-9,11-12H2,1H3,(H,19,20). The van der Waals surface area contributed by atoms with Crippen LogP contribution < -0.4 is 0 Å². The molecule has 1 unspecified atom stereocenters. The van der Waals surface area contributed by atoms with Crippen LogP contribution in [0.3, 0.4) is 0 Å². The Balaban J connectivity index is 2.98. The molecule has 0 saturated heterocycles. The lowest BCUT2D eigenvalue weighted by atomic mass is 9.69. The van der Waals surface area contributed by atoms with Crippen molar-refractivity contribution in [2.45, 2.75) is 58.3 Å². The summed E-state index contributed by atoms with van der Waals surface area (Å²) in [5, 5.41) is 28.7. The largest absolute Gasteiger partial charge is 0.478 e. The Kier molecular flexibility index (Phi) is 7.24. The molecule has 4 nitrogen and oxygen atoms in total. The molecule has 0 aromatic heterocycles. The Hall–Kier alpha value is -0.870. The van der Waals surface area contributed by atoms with E-state index in [0.29, 0.717) is 5.57 Å². The number of allylic oxidation sites excluding steroid dienone is 1. The predicted octanol–water partition coefficient (Wildman–Crippen LogP) is 2.74. The Morgan fingerprint density at radius 1 is 1.10 bits per heavy atom. The number of hydrogen-bond acceptors (Lipinski definition) is 3. The molecule has 4 heteroatoms. The molecule has 0 aromatic carbocycles. The van der Waals surface area contributed by atoms with Gasteiger partial charge in [-0.15, -0.1) is 0 Å². The van der Waals surface area contributed by atoms with Gasteiger partial charge in [0.25, 0.3) is 0 Å². The van der Waals surface area contributed by atoms with Gasteiger partial charge in [0.15, 0.2) is 0 Å². The van der Waals surface area contributed by atoms with E-state index in [2.05, 4.69) is 0 Å². The topological polar surface area (TPSA) is 77.8 Å². The minimum atomic E-state index is -0.924. The van der Waals surface area contributed by atoms with Gasteiger partial charge in [-0.1, -0.05) is 44.6 Å². The van der Waals surface area contributed by atoms with Crippen molar-refractivity contribution < 1.29 is 20.1 Å². The van der Waals surface area contributed by atoms with Crippen LogP contribution in [-0.2, 0) is 4.79 Å². The second kappa shape index (κ2) is 8.42.